The molecule has 1 aliphatic heterocycles. The molecule has 1 atom stereocenters. The molecule has 0 saturated carbocycles. The molecule has 35 heavy (non-hydrogen) atoms. The number of aliphatic carboxylic acids is 4. The minimum Gasteiger partial charge on any atom is -0.494 e. The van der Waals surface area contributed by atoms with Crippen molar-refractivity contribution >= 4 is 35.5 Å². The summed E-state index contributed by atoms with van der Waals surface area (Å²) in [5.41, 5.74) is 6.96. The molecule has 2 rings (SSSR count). The maximum atomic E-state index is 9.55. The van der Waals surface area contributed by atoms with Gasteiger partial charge in [-0.25, -0.2) is 19.2 Å². The van der Waals surface area contributed by atoms with E-state index in [1.165, 1.54) is 18.4 Å². The molecule has 1 aromatic carbocycles. The Morgan fingerprint density at radius 3 is 1.97 bits per heavy atom. The fourth-order valence-corrected chi connectivity index (χ4v) is 3.18. The van der Waals surface area contributed by atoms with Crippen LogP contribution in [0.1, 0.15) is 25.3 Å². The van der Waals surface area contributed by atoms with Crippen LogP contribution < -0.4 is 10.5 Å². The van der Waals surface area contributed by atoms with Crippen molar-refractivity contribution in [1.29, 1.82) is 0 Å². The summed E-state index contributed by atoms with van der Waals surface area (Å²) < 4.78 is 5.68. The Labute approximate surface area is 208 Å². The molecule has 0 amide bonds. The first kappa shape index (κ1) is 31.6. The molecular formula is C23H31ClN2O9. The van der Waals surface area contributed by atoms with E-state index in [9.17, 15) is 19.2 Å². The number of carboxylic acids is 4. The number of nitrogens with zero attached hydrogens (tertiary/aromatic N) is 1. The average molecular weight is 515 g/mol. The number of likely N-dealkylation sites (tertiary alicyclic amines) is 1. The van der Waals surface area contributed by atoms with Crippen molar-refractivity contribution in [2.45, 2.75) is 26.3 Å². The zero-order chi connectivity index (χ0) is 26.8. The van der Waals surface area contributed by atoms with Gasteiger partial charge in [0.05, 0.1) is 6.61 Å². The van der Waals surface area contributed by atoms with Gasteiger partial charge in [0.1, 0.15) is 5.75 Å². The molecule has 0 unspecified atom stereocenters. The second-order valence-electron chi connectivity index (χ2n) is 7.18. The molecule has 1 aromatic rings. The number of hydrogen-bond donors (Lipinski definition) is 5. The third-order valence-electron chi connectivity index (χ3n) is 4.39. The van der Waals surface area contributed by atoms with Gasteiger partial charge in [-0.1, -0.05) is 11.6 Å². The Morgan fingerprint density at radius 1 is 1.03 bits per heavy atom. The van der Waals surface area contributed by atoms with Gasteiger partial charge in [0, 0.05) is 48.0 Å². The van der Waals surface area contributed by atoms with E-state index in [1.54, 1.807) is 0 Å². The SMILES string of the molecule is CCOc1ccc(Cl)cc1CN1CCC[C@@H](CN)C1.O=C(O)/C=C/C(=O)O.O=C(O)/C=C/C(=O)O. The highest BCUT2D eigenvalue weighted by Crippen LogP contribution is 2.26. The van der Waals surface area contributed by atoms with Crippen molar-refractivity contribution in [3.63, 3.8) is 0 Å². The highest BCUT2D eigenvalue weighted by molar-refractivity contribution is 6.30. The van der Waals surface area contributed by atoms with E-state index in [-0.39, 0.29) is 0 Å². The van der Waals surface area contributed by atoms with Crippen molar-refractivity contribution < 1.29 is 44.3 Å². The first-order valence-electron chi connectivity index (χ1n) is 10.6. The lowest BCUT2D eigenvalue weighted by molar-refractivity contribution is -0.134. The van der Waals surface area contributed by atoms with Crippen molar-refractivity contribution in [1.82, 2.24) is 4.90 Å². The van der Waals surface area contributed by atoms with Crippen molar-refractivity contribution in [3.8, 4) is 5.75 Å². The van der Waals surface area contributed by atoms with Crippen LogP contribution in [0.15, 0.2) is 42.5 Å². The van der Waals surface area contributed by atoms with Crippen LogP contribution >= 0.6 is 11.6 Å². The molecule has 0 aliphatic carbocycles. The second-order valence-corrected chi connectivity index (χ2v) is 7.62. The van der Waals surface area contributed by atoms with Gasteiger partial charge in [0.25, 0.3) is 0 Å². The van der Waals surface area contributed by atoms with Gasteiger partial charge in [0.15, 0.2) is 0 Å². The Kier molecular flexibility index (Phi) is 16.2. The van der Waals surface area contributed by atoms with Crippen LogP contribution in [0.25, 0.3) is 0 Å². The standard InChI is InChI=1S/C15H23ClN2O.2C4H4O4/c1-2-19-15-6-5-14(16)8-13(15)11-18-7-3-4-12(9-17)10-18;2*5-3(6)1-2-4(7)8/h5-6,8,12H,2-4,7,9-11,17H2,1H3;2*1-2H,(H,5,6)(H,7,8)/b;2*2-1+/t12-;;/m0../s1. The predicted octanol–water partition coefficient (Wildman–Crippen LogP) is 2.33. The minimum absolute atomic E-state index is 0.558. The number of carbonyl (C=O) groups is 4. The van der Waals surface area contributed by atoms with Crippen LogP contribution in [-0.2, 0) is 25.7 Å². The van der Waals surface area contributed by atoms with Crippen LogP contribution in [0.4, 0.5) is 0 Å². The first-order valence-corrected chi connectivity index (χ1v) is 11.0. The predicted molar refractivity (Wildman–Crippen MR) is 128 cm³/mol. The van der Waals surface area contributed by atoms with Gasteiger partial charge >= 0.3 is 23.9 Å². The third-order valence-corrected chi connectivity index (χ3v) is 4.62. The van der Waals surface area contributed by atoms with Gasteiger partial charge < -0.3 is 30.9 Å². The minimum atomic E-state index is -1.26. The maximum absolute atomic E-state index is 9.55. The van der Waals surface area contributed by atoms with Crippen molar-refractivity contribution in [3.05, 3.63) is 53.1 Å². The van der Waals surface area contributed by atoms with E-state index in [2.05, 4.69) is 4.90 Å². The summed E-state index contributed by atoms with van der Waals surface area (Å²) in [6.07, 6.45) is 4.71. The van der Waals surface area contributed by atoms with E-state index >= 15 is 0 Å². The fraction of sp³-hybridized carbons (Fsp3) is 0.391. The normalized spacial score (nSPS) is 15.5. The topological polar surface area (TPSA) is 188 Å². The van der Waals surface area contributed by atoms with E-state index in [0.29, 0.717) is 36.8 Å². The Bertz CT molecular complexity index is 837. The zero-order valence-corrected chi connectivity index (χ0v) is 20.1. The summed E-state index contributed by atoms with van der Waals surface area (Å²) in [5, 5.41) is 32.0. The van der Waals surface area contributed by atoms with E-state index in [0.717, 1.165) is 37.0 Å². The highest BCUT2D eigenvalue weighted by atomic mass is 35.5. The largest absolute Gasteiger partial charge is 0.494 e. The molecule has 1 fully saturated rings. The summed E-state index contributed by atoms with van der Waals surface area (Å²) in [7, 11) is 0. The lowest BCUT2D eigenvalue weighted by Gasteiger charge is -2.32. The van der Waals surface area contributed by atoms with Crippen LogP contribution in [-0.4, -0.2) is 75.4 Å². The summed E-state index contributed by atoms with van der Waals surface area (Å²) in [6.45, 7) is 6.57. The Morgan fingerprint density at radius 2 is 1.54 bits per heavy atom. The lowest BCUT2D eigenvalue weighted by Crippen LogP contribution is -2.37. The molecule has 0 bridgehead atoms. The van der Waals surface area contributed by atoms with E-state index < -0.39 is 23.9 Å². The van der Waals surface area contributed by atoms with Crippen LogP contribution in [0.2, 0.25) is 5.02 Å². The van der Waals surface area contributed by atoms with E-state index in [1.807, 2.05) is 25.1 Å². The fourth-order valence-electron chi connectivity index (χ4n) is 2.98. The van der Waals surface area contributed by atoms with Gasteiger partial charge in [0.2, 0.25) is 0 Å². The quantitative estimate of drug-likeness (QED) is 0.304. The number of ether oxygens (including phenoxy) is 1. The number of rotatable bonds is 9. The molecule has 194 valence electrons. The molecular weight excluding hydrogens is 484 g/mol. The van der Waals surface area contributed by atoms with Crippen LogP contribution in [0.5, 0.6) is 5.75 Å². The van der Waals surface area contributed by atoms with Crippen molar-refractivity contribution in [2.75, 3.05) is 26.2 Å². The van der Waals surface area contributed by atoms with Gasteiger partial charge in [-0.2, -0.15) is 0 Å². The summed E-state index contributed by atoms with van der Waals surface area (Å²) in [5.74, 6) is -3.45. The molecule has 0 radical (unpaired) electrons. The molecule has 6 N–H and O–H groups in total. The number of halogens is 1. The summed E-state index contributed by atoms with van der Waals surface area (Å²) >= 11 is 6.10. The molecule has 12 heteroatoms. The zero-order valence-electron chi connectivity index (χ0n) is 19.3. The molecule has 0 spiro atoms. The highest BCUT2D eigenvalue weighted by Gasteiger charge is 2.19. The summed E-state index contributed by atoms with van der Waals surface area (Å²) in [6, 6.07) is 5.86. The third kappa shape index (κ3) is 16.8. The molecule has 1 saturated heterocycles. The smallest absolute Gasteiger partial charge is 0.328 e. The van der Waals surface area contributed by atoms with Gasteiger partial charge in [-0.3, -0.25) is 4.90 Å². The number of hydrogen-bond acceptors (Lipinski definition) is 7. The van der Waals surface area contributed by atoms with Crippen molar-refractivity contribution in [2.24, 2.45) is 11.7 Å². The molecule has 11 nitrogen and oxygen atoms in total. The molecule has 0 aromatic heterocycles. The lowest BCUT2D eigenvalue weighted by atomic mass is 9.98. The molecule has 1 heterocycles. The number of benzene rings is 1. The van der Waals surface area contributed by atoms with Crippen LogP contribution in [0, 0.1) is 5.92 Å². The Balaban J connectivity index is 0.000000601. The summed E-state index contributed by atoms with van der Waals surface area (Å²) in [4.78, 5) is 40.7. The number of nitrogens with two attached hydrogens (primary N) is 1. The van der Waals surface area contributed by atoms with Gasteiger partial charge in [-0.05, 0) is 57.0 Å². The monoisotopic (exact) mass is 514 g/mol. The van der Waals surface area contributed by atoms with E-state index in [4.69, 9.17) is 42.5 Å². The van der Waals surface area contributed by atoms with Gasteiger partial charge in [-0.15, -0.1) is 0 Å². The maximum Gasteiger partial charge on any atom is 0.328 e. The average Bonchev–Trinajstić information content (AvgIpc) is 2.79. The molecule has 1 aliphatic rings. The first-order chi connectivity index (χ1) is 16.5. The number of carboxylic acid groups (broad SMARTS) is 4. The van der Waals surface area contributed by atoms with Crippen LogP contribution in [0.3, 0.4) is 0 Å². The number of piperidine rings is 1. The Hall–Kier alpha value is -3.41. The second kappa shape index (κ2) is 18.0.